The molecule has 1 atom stereocenters. The zero-order chi connectivity index (χ0) is 15.2. The number of rotatable bonds is 8. The summed E-state index contributed by atoms with van der Waals surface area (Å²) in [6.45, 7) is 4.65. The van der Waals surface area contributed by atoms with Crippen molar-refractivity contribution in [3.63, 3.8) is 0 Å². The van der Waals surface area contributed by atoms with Crippen molar-refractivity contribution in [3.05, 3.63) is 23.8 Å². The summed E-state index contributed by atoms with van der Waals surface area (Å²) in [5.74, 6) is 0.449. The van der Waals surface area contributed by atoms with Crippen LogP contribution >= 0.6 is 0 Å². The molecule has 1 aromatic rings. The second-order valence-corrected chi connectivity index (χ2v) is 4.90. The van der Waals surface area contributed by atoms with Gasteiger partial charge in [0.15, 0.2) is 0 Å². The van der Waals surface area contributed by atoms with Crippen LogP contribution in [-0.2, 0) is 10.3 Å². The zero-order valence-electron chi connectivity index (χ0n) is 12.5. The maximum atomic E-state index is 11.2. The van der Waals surface area contributed by atoms with Crippen molar-refractivity contribution < 1.29 is 19.4 Å². The fourth-order valence-electron chi connectivity index (χ4n) is 2.21. The van der Waals surface area contributed by atoms with Gasteiger partial charge >= 0.3 is 5.97 Å². The van der Waals surface area contributed by atoms with Gasteiger partial charge in [0.25, 0.3) is 0 Å². The SMILES string of the molecule is CCCNC(C)(CC(=O)O)c1ccc(OC)cc1OC. The molecule has 0 bridgehead atoms. The van der Waals surface area contributed by atoms with E-state index in [2.05, 4.69) is 5.32 Å². The van der Waals surface area contributed by atoms with Gasteiger partial charge in [-0.3, -0.25) is 4.79 Å². The Balaban J connectivity index is 3.21. The molecule has 0 saturated heterocycles. The summed E-state index contributed by atoms with van der Waals surface area (Å²) in [4.78, 5) is 11.2. The first-order chi connectivity index (χ1) is 9.46. The molecule has 2 N–H and O–H groups in total. The Morgan fingerprint density at radius 2 is 2.05 bits per heavy atom. The fourth-order valence-corrected chi connectivity index (χ4v) is 2.21. The summed E-state index contributed by atoms with van der Waals surface area (Å²) < 4.78 is 10.6. The Hall–Kier alpha value is -1.75. The average molecular weight is 281 g/mol. The van der Waals surface area contributed by atoms with Gasteiger partial charge in [-0.2, -0.15) is 0 Å². The summed E-state index contributed by atoms with van der Waals surface area (Å²) in [5, 5.41) is 12.5. The van der Waals surface area contributed by atoms with E-state index in [9.17, 15) is 4.79 Å². The maximum Gasteiger partial charge on any atom is 0.305 e. The molecular weight excluding hydrogens is 258 g/mol. The van der Waals surface area contributed by atoms with Crippen LogP contribution in [0.25, 0.3) is 0 Å². The highest BCUT2D eigenvalue weighted by Gasteiger charge is 2.32. The second-order valence-electron chi connectivity index (χ2n) is 4.90. The molecule has 0 fully saturated rings. The van der Waals surface area contributed by atoms with Crippen molar-refractivity contribution in [1.29, 1.82) is 0 Å². The highest BCUT2D eigenvalue weighted by molar-refractivity contribution is 5.69. The predicted molar refractivity (Wildman–Crippen MR) is 77.4 cm³/mol. The summed E-state index contributed by atoms with van der Waals surface area (Å²) in [6.07, 6.45) is 0.906. The number of hydrogen-bond donors (Lipinski definition) is 2. The van der Waals surface area contributed by atoms with E-state index in [1.807, 2.05) is 26.0 Å². The Bertz CT molecular complexity index is 461. The zero-order valence-corrected chi connectivity index (χ0v) is 12.5. The normalized spacial score (nSPS) is 13.6. The number of methoxy groups -OCH3 is 2. The molecule has 1 aromatic carbocycles. The van der Waals surface area contributed by atoms with Crippen molar-refractivity contribution in [1.82, 2.24) is 5.32 Å². The summed E-state index contributed by atoms with van der Waals surface area (Å²) in [7, 11) is 3.15. The van der Waals surface area contributed by atoms with Crippen LogP contribution in [0.2, 0.25) is 0 Å². The van der Waals surface area contributed by atoms with Gasteiger partial charge in [0.2, 0.25) is 0 Å². The van der Waals surface area contributed by atoms with Crippen molar-refractivity contribution in [2.75, 3.05) is 20.8 Å². The van der Waals surface area contributed by atoms with Gasteiger partial charge < -0.3 is 19.9 Å². The molecule has 5 nitrogen and oxygen atoms in total. The first-order valence-electron chi connectivity index (χ1n) is 6.66. The van der Waals surface area contributed by atoms with Crippen LogP contribution < -0.4 is 14.8 Å². The third-order valence-corrected chi connectivity index (χ3v) is 3.27. The van der Waals surface area contributed by atoms with Crippen LogP contribution in [0.1, 0.15) is 32.3 Å². The lowest BCUT2D eigenvalue weighted by molar-refractivity contribution is -0.138. The Labute approximate surface area is 119 Å². The van der Waals surface area contributed by atoms with E-state index < -0.39 is 11.5 Å². The minimum absolute atomic E-state index is 0.0182. The van der Waals surface area contributed by atoms with Gasteiger partial charge in [0.1, 0.15) is 11.5 Å². The molecule has 0 amide bonds. The first-order valence-corrected chi connectivity index (χ1v) is 6.66. The number of carbonyl (C=O) groups is 1. The minimum Gasteiger partial charge on any atom is -0.497 e. The minimum atomic E-state index is -0.853. The fraction of sp³-hybridized carbons (Fsp3) is 0.533. The average Bonchev–Trinajstić information content (AvgIpc) is 2.43. The number of nitrogens with one attached hydrogen (secondary N) is 1. The lowest BCUT2D eigenvalue weighted by Crippen LogP contribution is -2.42. The van der Waals surface area contributed by atoms with E-state index in [-0.39, 0.29) is 6.42 Å². The van der Waals surface area contributed by atoms with Crippen LogP contribution in [0.5, 0.6) is 11.5 Å². The highest BCUT2D eigenvalue weighted by Crippen LogP contribution is 2.35. The standard InChI is InChI=1S/C15H23NO4/c1-5-8-16-15(2,10-14(17)18)12-7-6-11(19-3)9-13(12)20-4/h6-7,9,16H,5,8,10H2,1-4H3,(H,17,18). The van der Waals surface area contributed by atoms with Gasteiger partial charge in [-0.1, -0.05) is 6.92 Å². The molecule has 1 rings (SSSR count). The van der Waals surface area contributed by atoms with Crippen LogP contribution in [0.4, 0.5) is 0 Å². The molecule has 1 unspecified atom stereocenters. The number of ether oxygens (including phenoxy) is 2. The first kappa shape index (κ1) is 16.3. The van der Waals surface area contributed by atoms with E-state index in [1.54, 1.807) is 20.3 Å². The highest BCUT2D eigenvalue weighted by atomic mass is 16.5. The van der Waals surface area contributed by atoms with Crippen LogP contribution in [0, 0.1) is 0 Å². The van der Waals surface area contributed by atoms with Crippen molar-refractivity contribution >= 4 is 5.97 Å². The molecule has 20 heavy (non-hydrogen) atoms. The predicted octanol–water partition coefficient (Wildman–Crippen LogP) is 2.39. The third kappa shape index (κ3) is 3.87. The quantitative estimate of drug-likeness (QED) is 0.766. The molecule has 0 heterocycles. The molecule has 0 saturated carbocycles. The van der Waals surface area contributed by atoms with Gasteiger partial charge in [0.05, 0.1) is 26.2 Å². The lowest BCUT2D eigenvalue weighted by Gasteiger charge is -2.31. The monoisotopic (exact) mass is 281 g/mol. The van der Waals surface area contributed by atoms with E-state index in [0.717, 1.165) is 18.5 Å². The summed E-state index contributed by atoms with van der Waals surface area (Å²) in [6, 6.07) is 5.43. The van der Waals surface area contributed by atoms with E-state index in [0.29, 0.717) is 11.5 Å². The van der Waals surface area contributed by atoms with Gasteiger partial charge in [-0.25, -0.2) is 0 Å². The third-order valence-electron chi connectivity index (χ3n) is 3.27. The Kier molecular flexibility index (Phi) is 5.82. The Morgan fingerprint density at radius 3 is 2.55 bits per heavy atom. The topological polar surface area (TPSA) is 67.8 Å². The second kappa shape index (κ2) is 7.14. The molecular formula is C15H23NO4. The van der Waals surface area contributed by atoms with E-state index in [4.69, 9.17) is 14.6 Å². The van der Waals surface area contributed by atoms with Gasteiger partial charge in [-0.05, 0) is 32.0 Å². The number of aliphatic carboxylic acids is 1. The molecule has 112 valence electrons. The van der Waals surface area contributed by atoms with Gasteiger partial charge in [-0.15, -0.1) is 0 Å². The number of carboxylic acid groups (broad SMARTS) is 1. The Morgan fingerprint density at radius 1 is 1.35 bits per heavy atom. The maximum absolute atomic E-state index is 11.2. The number of carboxylic acids is 1. The van der Waals surface area contributed by atoms with Crippen LogP contribution in [0.15, 0.2) is 18.2 Å². The molecule has 5 heteroatoms. The van der Waals surface area contributed by atoms with E-state index >= 15 is 0 Å². The van der Waals surface area contributed by atoms with Crippen LogP contribution in [-0.4, -0.2) is 31.8 Å². The van der Waals surface area contributed by atoms with Crippen molar-refractivity contribution in [2.45, 2.75) is 32.2 Å². The molecule has 0 radical (unpaired) electrons. The van der Waals surface area contributed by atoms with E-state index in [1.165, 1.54) is 0 Å². The van der Waals surface area contributed by atoms with Crippen LogP contribution in [0.3, 0.4) is 0 Å². The molecule has 0 aliphatic rings. The smallest absolute Gasteiger partial charge is 0.305 e. The lowest BCUT2D eigenvalue weighted by atomic mass is 9.87. The van der Waals surface area contributed by atoms with Crippen molar-refractivity contribution in [2.24, 2.45) is 0 Å². The van der Waals surface area contributed by atoms with Crippen molar-refractivity contribution in [3.8, 4) is 11.5 Å². The molecule has 0 aliphatic heterocycles. The molecule has 0 aliphatic carbocycles. The van der Waals surface area contributed by atoms with Gasteiger partial charge in [0, 0.05) is 11.6 Å². The summed E-state index contributed by atoms with van der Waals surface area (Å²) >= 11 is 0. The number of benzene rings is 1. The number of hydrogen-bond acceptors (Lipinski definition) is 4. The summed E-state index contributed by atoms with van der Waals surface area (Å²) in [5.41, 5.74) is 0.135. The largest absolute Gasteiger partial charge is 0.497 e. The molecule has 0 aromatic heterocycles. The molecule has 0 spiro atoms.